The van der Waals surface area contributed by atoms with Gasteiger partial charge in [0.25, 0.3) is 5.91 Å². The van der Waals surface area contributed by atoms with Crippen molar-refractivity contribution in [2.45, 2.75) is 6.92 Å². The second kappa shape index (κ2) is 6.62. The number of amides is 2. The van der Waals surface area contributed by atoms with Crippen molar-refractivity contribution >= 4 is 28.9 Å². The molecule has 0 unspecified atom stereocenters. The molecule has 3 rings (SSSR count). The minimum Gasteiger partial charge on any atom is -0.489 e. The number of carbonyl (C=O) groups excluding carboxylic acids is 2. The predicted octanol–water partition coefficient (Wildman–Crippen LogP) is 2.73. The van der Waals surface area contributed by atoms with Gasteiger partial charge in [-0.15, -0.1) is 0 Å². The summed E-state index contributed by atoms with van der Waals surface area (Å²) in [7, 11) is 2.01. The van der Waals surface area contributed by atoms with Gasteiger partial charge in [0.1, 0.15) is 12.4 Å². The number of carbonyl (C=O) groups is 2. The topological polar surface area (TPSA) is 70.7 Å². The summed E-state index contributed by atoms with van der Waals surface area (Å²) in [6.07, 6.45) is 0. The number of hydrogen-bond acceptors (Lipinski definition) is 4. The highest BCUT2D eigenvalue weighted by atomic mass is 16.5. The van der Waals surface area contributed by atoms with Gasteiger partial charge in [-0.1, -0.05) is 0 Å². The average molecular weight is 325 g/mol. The van der Waals surface area contributed by atoms with Crippen LogP contribution < -0.4 is 20.3 Å². The maximum Gasteiger partial charge on any atom is 0.255 e. The normalized spacial score (nSPS) is 12.8. The molecule has 0 fully saturated rings. The Hall–Kier alpha value is -3.02. The van der Waals surface area contributed by atoms with E-state index in [2.05, 4.69) is 15.5 Å². The summed E-state index contributed by atoms with van der Waals surface area (Å²) in [5.41, 5.74) is 2.86. The van der Waals surface area contributed by atoms with Crippen molar-refractivity contribution in [3.05, 3.63) is 48.0 Å². The van der Waals surface area contributed by atoms with E-state index in [-0.39, 0.29) is 11.8 Å². The third kappa shape index (κ3) is 3.48. The second-order valence-corrected chi connectivity index (χ2v) is 5.67. The molecule has 1 aliphatic heterocycles. The Morgan fingerprint density at radius 3 is 2.46 bits per heavy atom. The predicted molar refractivity (Wildman–Crippen MR) is 93.9 cm³/mol. The monoisotopic (exact) mass is 325 g/mol. The number of benzene rings is 2. The molecule has 0 aliphatic carbocycles. The minimum absolute atomic E-state index is 0.147. The van der Waals surface area contributed by atoms with E-state index in [0.29, 0.717) is 23.5 Å². The van der Waals surface area contributed by atoms with Crippen LogP contribution in [-0.4, -0.2) is 32.0 Å². The second-order valence-electron chi connectivity index (χ2n) is 5.67. The molecule has 6 nitrogen and oxygen atoms in total. The lowest BCUT2D eigenvalue weighted by Gasteiger charge is -2.27. The molecule has 0 saturated heterocycles. The summed E-state index contributed by atoms with van der Waals surface area (Å²) in [5, 5.41) is 5.53. The highest BCUT2D eigenvalue weighted by Crippen LogP contribution is 2.33. The van der Waals surface area contributed by atoms with Crippen LogP contribution in [0.5, 0.6) is 5.75 Å². The smallest absolute Gasteiger partial charge is 0.255 e. The largest absolute Gasteiger partial charge is 0.489 e. The van der Waals surface area contributed by atoms with Gasteiger partial charge in [0.15, 0.2) is 0 Å². The summed E-state index contributed by atoms with van der Waals surface area (Å²) in [6, 6.07) is 12.3. The van der Waals surface area contributed by atoms with E-state index in [1.807, 2.05) is 25.2 Å². The van der Waals surface area contributed by atoms with Crippen LogP contribution in [0.4, 0.5) is 17.1 Å². The van der Waals surface area contributed by atoms with Gasteiger partial charge in [-0.3, -0.25) is 9.59 Å². The van der Waals surface area contributed by atoms with Crippen molar-refractivity contribution in [3.8, 4) is 5.75 Å². The fraction of sp³-hybridized carbons (Fsp3) is 0.222. The molecule has 24 heavy (non-hydrogen) atoms. The molecule has 1 aliphatic rings. The van der Waals surface area contributed by atoms with E-state index in [9.17, 15) is 9.59 Å². The quantitative estimate of drug-likeness (QED) is 0.910. The van der Waals surface area contributed by atoms with Gasteiger partial charge in [0, 0.05) is 37.0 Å². The van der Waals surface area contributed by atoms with Crippen LogP contribution in [0.25, 0.3) is 0 Å². The van der Waals surface area contributed by atoms with Gasteiger partial charge < -0.3 is 20.3 Å². The Morgan fingerprint density at radius 1 is 1.04 bits per heavy atom. The number of hydrogen-bond donors (Lipinski definition) is 2. The molecule has 0 atom stereocenters. The van der Waals surface area contributed by atoms with E-state index >= 15 is 0 Å². The molecule has 2 aromatic rings. The Bertz CT molecular complexity index is 772. The summed E-state index contributed by atoms with van der Waals surface area (Å²) < 4.78 is 5.64. The molecule has 6 heteroatoms. The zero-order valence-electron chi connectivity index (χ0n) is 13.6. The lowest BCUT2D eigenvalue weighted by Crippen LogP contribution is -2.28. The van der Waals surface area contributed by atoms with Crippen molar-refractivity contribution in [1.82, 2.24) is 0 Å². The van der Waals surface area contributed by atoms with E-state index in [4.69, 9.17) is 4.74 Å². The van der Waals surface area contributed by atoms with Crippen LogP contribution in [0.3, 0.4) is 0 Å². The number of nitrogens with zero attached hydrogens (tertiary/aromatic N) is 1. The van der Waals surface area contributed by atoms with E-state index in [1.54, 1.807) is 24.3 Å². The number of fused-ring (bicyclic) bond motifs is 1. The van der Waals surface area contributed by atoms with E-state index < -0.39 is 0 Å². The molecule has 0 bridgehead atoms. The van der Waals surface area contributed by atoms with Gasteiger partial charge in [0.05, 0.1) is 12.2 Å². The molecule has 2 N–H and O–H groups in total. The number of likely N-dealkylation sites (N-methyl/N-ethyl adjacent to an activating group) is 1. The summed E-state index contributed by atoms with van der Waals surface area (Å²) in [4.78, 5) is 25.5. The van der Waals surface area contributed by atoms with Crippen LogP contribution in [0, 0.1) is 0 Å². The van der Waals surface area contributed by atoms with Gasteiger partial charge in [-0.25, -0.2) is 0 Å². The lowest BCUT2D eigenvalue weighted by molar-refractivity contribution is -0.114. The molecule has 0 aromatic heterocycles. The Balaban J connectivity index is 1.71. The number of nitrogens with one attached hydrogen (secondary N) is 2. The fourth-order valence-electron chi connectivity index (χ4n) is 2.55. The van der Waals surface area contributed by atoms with Crippen molar-refractivity contribution in [2.24, 2.45) is 0 Å². The standard InChI is InChI=1S/C18H19N3O3/c1-12(22)19-14-5-3-13(4-6-14)18(23)20-15-7-8-16-17(11-15)24-10-9-21(16)2/h3-8,11H,9-10H2,1-2H3,(H,19,22)(H,20,23). The maximum absolute atomic E-state index is 12.3. The molecular weight excluding hydrogens is 306 g/mol. The first-order valence-electron chi connectivity index (χ1n) is 7.70. The molecule has 124 valence electrons. The van der Waals surface area contributed by atoms with Crippen molar-refractivity contribution in [1.29, 1.82) is 0 Å². The van der Waals surface area contributed by atoms with Crippen LogP contribution in [0.1, 0.15) is 17.3 Å². The van der Waals surface area contributed by atoms with Crippen molar-refractivity contribution in [3.63, 3.8) is 0 Å². The number of ether oxygens (including phenoxy) is 1. The van der Waals surface area contributed by atoms with E-state index in [0.717, 1.165) is 18.0 Å². The Labute approximate surface area is 140 Å². The highest BCUT2D eigenvalue weighted by Gasteiger charge is 2.16. The van der Waals surface area contributed by atoms with Gasteiger partial charge in [0.2, 0.25) is 5.91 Å². The summed E-state index contributed by atoms with van der Waals surface area (Å²) >= 11 is 0. The Morgan fingerprint density at radius 2 is 1.75 bits per heavy atom. The van der Waals surface area contributed by atoms with Crippen molar-refractivity contribution < 1.29 is 14.3 Å². The zero-order valence-corrected chi connectivity index (χ0v) is 13.6. The maximum atomic E-state index is 12.3. The average Bonchev–Trinajstić information content (AvgIpc) is 2.55. The third-order valence-electron chi connectivity index (χ3n) is 3.78. The highest BCUT2D eigenvalue weighted by molar-refractivity contribution is 6.04. The van der Waals surface area contributed by atoms with Gasteiger partial charge in [-0.2, -0.15) is 0 Å². The number of rotatable bonds is 3. The molecule has 1 heterocycles. The van der Waals surface area contributed by atoms with Gasteiger partial charge >= 0.3 is 0 Å². The first-order valence-corrected chi connectivity index (χ1v) is 7.70. The molecular formula is C18H19N3O3. The van der Waals surface area contributed by atoms with E-state index in [1.165, 1.54) is 6.92 Å². The lowest BCUT2D eigenvalue weighted by atomic mass is 10.1. The van der Waals surface area contributed by atoms with Crippen LogP contribution in [0.2, 0.25) is 0 Å². The van der Waals surface area contributed by atoms with Crippen molar-refractivity contribution in [2.75, 3.05) is 35.7 Å². The zero-order chi connectivity index (χ0) is 17.1. The molecule has 0 saturated carbocycles. The number of anilines is 3. The first kappa shape index (κ1) is 15.9. The summed E-state index contributed by atoms with van der Waals surface area (Å²) in [6.45, 7) is 2.92. The molecule has 2 amide bonds. The van der Waals surface area contributed by atoms with Crippen LogP contribution in [-0.2, 0) is 4.79 Å². The molecule has 0 spiro atoms. The summed E-state index contributed by atoms with van der Waals surface area (Å²) in [5.74, 6) is 0.405. The third-order valence-corrected chi connectivity index (χ3v) is 3.78. The fourth-order valence-corrected chi connectivity index (χ4v) is 2.55. The van der Waals surface area contributed by atoms with Crippen LogP contribution >= 0.6 is 0 Å². The minimum atomic E-state index is -0.214. The van der Waals surface area contributed by atoms with Crippen LogP contribution in [0.15, 0.2) is 42.5 Å². The molecule has 2 aromatic carbocycles. The molecule has 0 radical (unpaired) electrons. The SMILES string of the molecule is CC(=O)Nc1ccc(C(=O)Nc2ccc3c(c2)OCCN3C)cc1. The Kier molecular flexibility index (Phi) is 4.37. The van der Waals surface area contributed by atoms with Gasteiger partial charge in [-0.05, 0) is 36.4 Å². The first-order chi connectivity index (χ1) is 11.5.